The Morgan fingerprint density at radius 1 is 1.42 bits per heavy atom. The van der Waals surface area contributed by atoms with Gasteiger partial charge in [0, 0.05) is 18.1 Å². The van der Waals surface area contributed by atoms with Crippen LogP contribution in [0, 0.1) is 0 Å². The molecule has 1 aliphatic heterocycles. The molecule has 0 amide bonds. The van der Waals surface area contributed by atoms with E-state index in [0.29, 0.717) is 0 Å². The van der Waals surface area contributed by atoms with E-state index in [1.165, 1.54) is 23.2 Å². The Morgan fingerprint density at radius 3 is 3.05 bits per heavy atom. The van der Waals surface area contributed by atoms with E-state index in [1.807, 2.05) is 18.2 Å². The molecule has 0 saturated heterocycles. The molecule has 0 unspecified atom stereocenters. The highest BCUT2D eigenvalue weighted by atomic mass is 35.5. The van der Waals surface area contributed by atoms with Crippen molar-refractivity contribution < 1.29 is 0 Å². The summed E-state index contributed by atoms with van der Waals surface area (Å²) >= 11 is 7.78. The summed E-state index contributed by atoms with van der Waals surface area (Å²) in [4.78, 5) is 7.22. The largest absolute Gasteiger partial charge is 0.299 e. The highest BCUT2D eigenvalue weighted by Gasteiger charge is 2.15. The molecule has 4 heteroatoms. The summed E-state index contributed by atoms with van der Waals surface area (Å²) in [6, 6.07) is 5.92. The van der Waals surface area contributed by atoms with E-state index in [2.05, 4.69) is 17.9 Å². The quantitative estimate of drug-likeness (QED) is 0.831. The molecule has 19 heavy (non-hydrogen) atoms. The van der Waals surface area contributed by atoms with Gasteiger partial charge < -0.3 is 0 Å². The highest BCUT2D eigenvalue weighted by Crippen LogP contribution is 2.31. The maximum absolute atomic E-state index is 6.03. The molecule has 100 valence electrons. The first-order valence-corrected chi connectivity index (χ1v) is 7.93. The van der Waals surface area contributed by atoms with Crippen molar-refractivity contribution in [3.05, 3.63) is 34.3 Å². The minimum Gasteiger partial charge on any atom is -0.299 e. The second kappa shape index (κ2) is 5.61. The minimum absolute atomic E-state index is 0.787. The molecule has 0 radical (unpaired) electrons. The third-order valence-corrected chi connectivity index (χ3v) is 4.79. The fraction of sp³-hybridized carbons (Fsp3) is 0.400. The number of hydrogen-bond acceptors (Lipinski definition) is 3. The Balaban J connectivity index is 1.85. The van der Waals surface area contributed by atoms with Gasteiger partial charge in [-0.2, -0.15) is 0 Å². The number of fused-ring (bicyclic) bond motifs is 1. The van der Waals surface area contributed by atoms with Gasteiger partial charge in [0.25, 0.3) is 0 Å². The Kier molecular flexibility index (Phi) is 3.87. The van der Waals surface area contributed by atoms with Crippen LogP contribution in [0.1, 0.15) is 24.8 Å². The van der Waals surface area contributed by atoms with Gasteiger partial charge in [-0.25, -0.2) is 4.98 Å². The molecule has 1 aromatic heterocycles. The van der Waals surface area contributed by atoms with Crippen molar-refractivity contribution in [2.45, 2.75) is 19.8 Å². The molecule has 0 saturated carbocycles. The highest BCUT2D eigenvalue weighted by molar-refractivity contribution is 7.19. The molecule has 0 atom stereocenters. The molecule has 0 aliphatic carbocycles. The van der Waals surface area contributed by atoms with Crippen molar-refractivity contribution in [2.24, 2.45) is 0 Å². The molecule has 1 aliphatic rings. The Hall–Kier alpha value is -0.900. The van der Waals surface area contributed by atoms with Crippen LogP contribution in [0.4, 0.5) is 0 Å². The van der Waals surface area contributed by atoms with Gasteiger partial charge in [-0.15, -0.1) is 11.3 Å². The molecular weight excluding hydrogens is 276 g/mol. The molecule has 0 spiro atoms. The van der Waals surface area contributed by atoms with Crippen molar-refractivity contribution in [3.8, 4) is 0 Å². The van der Waals surface area contributed by atoms with Crippen LogP contribution in [0.5, 0.6) is 0 Å². The first-order valence-electron chi connectivity index (χ1n) is 6.74. The van der Waals surface area contributed by atoms with Crippen molar-refractivity contribution in [1.29, 1.82) is 0 Å². The van der Waals surface area contributed by atoms with Gasteiger partial charge in [-0.05, 0) is 43.2 Å². The SMILES string of the molecule is CCCN1CC=C(c2nc3ccc(Cl)cc3s2)CC1. The van der Waals surface area contributed by atoms with Crippen LogP contribution < -0.4 is 0 Å². The maximum Gasteiger partial charge on any atom is 0.120 e. The lowest BCUT2D eigenvalue weighted by Gasteiger charge is -2.24. The van der Waals surface area contributed by atoms with E-state index < -0.39 is 0 Å². The molecular formula is C15H17ClN2S. The lowest BCUT2D eigenvalue weighted by atomic mass is 10.1. The number of aromatic nitrogens is 1. The van der Waals surface area contributed by atoms with Gasteiger partial charge in [0.05, 0.1) is 10.2 Å². The minimum atomic E-state index is 0.787. The lowest BCUT2D eigenvalue weighted by Crippen LogP contribution is -2.29. The monoisotopic (exact) mass is 292 g/mol. The number of hydrogen-bond donors (Lipinski definition) is 0. The third kappa shape index (κ3) is 2.83. The Labute approximate surface area is 122 Å². The van der Waals surface area contributed by atoms with E-state index >= 15 is 0 Å². The van der Waals surface area contributed by atoms with E-state index in [4.69, 9.17) is 16.6 Å². The zero-order valence-corrected chi connectivity index (χ0v) is 12.6. The van der Waals surface area contributed by atoms with E-state index in [9.17, 15) is 0 Å². The standard InChI is InChI=1S/C15H17ClN2S/c1-2-7-18-8-5-11(6-9-18)15-17-13-4-3-12(16)10-14(13)19-15/h3-5,10H,2,6-9H2,1H3. The molecule has 2 nitrogen and oxygen atoms in total. The van der Waals surface area contributed by atoms with Crippen molar-refractivity contribution in [1.82, 2.24) is 9.88 Å². The fourth-order valence-electron chi connectivity index (χ4n) is 2.46. The van der Waals surface area contributed by atoms with Crippen LogP contribution in [0.25, 0.3) is 15.8 Å². The smallest absolute Gasteiger partial charge is 0.120 e. The van der Waals surface area contributed by atoms with Crippen LogP contribution in [0.2, 0.25) is 5.02 Å². The summed E-state index contributed by atoms with van der Waals surface area (Å²) < 4.78 is 1.18. The molecule has 0 N–H and O–H groups in total. The topological polar surface area (TPSA) is 16.1 Å². The Bertz CT molecular complexity index is 618. The van der Waals surface area contributed by atoms with Crippen molar-refractivity contribution >= 4 is 38.7 Å². The van der Waals surface area contributed by atoms with Crippen molar-refractivity contribution in [3.63, 3.8) is 0 Å². The maximum atomic E-state index is 6.03. The molecule has 0 fully saturated rings. The number of rotatable bonds is 3. The Morgan fingerprint density at radius 2 is 2.32 bits per heavy atom. The lowest BCUT2D eigenvalue weighted by molar-refractivity contribution is 0.302. The van der Waals surface area contributed by atoms with E-state index in [1.54, 1.807) is 11.3 Å². The van der Waals surface area contributed by atoms with Gasteiger partial charge in [0.1, 0.15) is 5.01 Å². The summed E-state index contributed by atoms with van der Waals surface area (Å²) in [7, 11) is 0. The molecule has 2 heterocycles. The van der Waals surface area contributed by atoms with E-state index in [-0.39, 0.29) is 0 Å². The number of nitrogens with zero attached hydrogens (tertiary/aromatic N) is 2. The molecule has 2 aromatic rings. The fourth-order valence-corrected chi connectivity index (χ4v) is 3.77. The van der Waals surface area contributed by atoms with E-state index in [0.717, 1.165) is 35.1 Å². The van der Waals surface area contributed by atoms with Gasteiger partial charge in [-0.1, -0.05) is 24.6 Å². The summed E-state index contributed by atoms with van der Waals surface area (Å²) in [5.74, 6) is 0. The van der Waals surface area contributed by atoms with Crippen molar-refractivity contribution in [2.75, 3.05) is 19.6 Å². The normalized spacial score (nSPS) is 16.8. The molecule has 3 rings (SSSR count). The van der Waals surface area contributed by atoms with Crippen LogP contribution in [-0.2, 0) is 0 Å². The summed E-state index contributed by atoms with van der Waals surface area (Å²) in [6.07, 6.45) is 4.66. The predicted octanol–water partition coefficient (Wildman–Crippen LogP) is 4.45. The predicted molar refractivity (Wildman–Crippen MR) is 84.0 cm³/mol. The van der Waals surface area contributed by atoms with Gasteiger partial charge in [0.2, 0.25) is 0 Å². The third-order valence-electron chi connectivity index (χ3n) is 3.46. The second-order valence-electron chi connectivity index (χ2n) is 4.91. The number of halogens is 1. The second-order valence-corrected chi connectivity index (χ2v) is 6.38. The van der Waals surface area contributed by atoms with Crippen LogP contribution >= 0.6 is 22.9 Å². The summed E-state index contributed by atoms with van der Waals surface area (Å²) in [6.45, 7) is 5.63. The number of benzene rings is 1. The zero-order valence-electron chi connectivity index (χ0n) is 11.0. The molecule has 1 aromatic carbocycles. The van der Waals surface area contributed by atoms with Gasteiger partial charge in [-0.3, -0.25) is 4.90 Å². The first-order chi connectivity index (χ1) is 9.26. The zero-order chi connectivity index (χ0) is 13.2. The average Bonchev–Trinajstić information content (AvgIpc) is 2.83. The van der Waals surface area contributed by atoms with Crippen LogP contribution in [0.3, 0.4) is 0 Å². The van der Waals surface area contributed by atoms with Gasteiger partial charge in [0.15, 0.2) is 0 Å². The van der Waals surface area contributed by atoms with Gasteiger partial charge >= 0.3 is 0 Å². The molecule has 0 bridgehead atoms. The van der Waals surface area contributed by atoms with Crippen LogP contribution in [-0.4, -0.2) is 29.5 Å². The first kappa shape index (κ1) is 13.1. The summed E-state index contributed by atoms with van der Waals surface area (Å²) in [5.41, 5.74) is 2.45. The average molecular weight is 293 g/mol. The van der Waals surface area contributed by atoms with Crippen LogP contribution in [0.15, 0.2) is 24.3 Å². The number of thiazole rings is 1. The summed E-state index contributed by atoms with van der Waals surface area (Å²) in [5, 5.41) is 1.95.